The van der Waals surface area contributed by atoms with Gasteiger partial charge in [-0.1, -0.05) is 0 Å². The average molecular weight is 194 g/mol. The highest BCUT2D eigenvalue weighted by Gasteiger charge is 1.95. The summed E-state index contributed by atoms with van der Waals surface area (Å²) < 4.78 is 4.95. The molecule has 4 heteroatoms. The van der Waals surface area contributed by atoms with Gasteiger partial charge in [-0.15, -0.1) is 11.3 Å². The highest BCUT2D eigenvalue weighted by atomic mass is 32.1. The molecule has 2 rings (SSSR count). The maximum Gasteiger partial charge on any atom is 0.0947 e. The number of aromatic nitrogens is 1. The van der Waals surface area contributed by atoms with Gasteiger partial charge in [0, 0.05) is 29.7 Å². The molecule has 2 heterocycles. The maximum absolute atomic E-state index is 4.95. The number of nitrogens with one attached hydrogen (secondary N) is 1. The van der Waals surface area contributed by atoms with E-state index in [0.29, 0.717) is 0 Å². The van der Waals surface area contributed by atoms with Gasteiger partial charge in [0.2, 0.25) is 0 Å². The van der Waals surface area contributed by atoms with Gasteiger partial charge in [-0.25, -0.2) is 0 Å². The molecule has 0 spiro atoms. The topological polar surface area (TPSA) is 38.1 Å². The van der Waals surface area contributed by atoms with Gasteiger partial charge in [0.15, 0.2) is 0 Å². The zero-order valence-corrected chi connectivity index (χ0v) is 7.88. The molecule has 0 radical (unpaired) electrons. The first-order valence-electron chi connectivity index (χ1n) is 4.04. The second-order valence-corrected chi connectivity index (χ2v) is 3.67. The average Bonchev–Trinajstić information content (AvgIpc) is 2.75. The van der Waals surface area contributed by atoms with Crippen LogP contribution >= 0.6 is 11.3 Å². The van der Waals surface area contributed by atoms with Crippen molar-refractivity contribution in [3.05, 3.63) is 40.7 Å². The van der Waals surface area contributed by atoms with E-state index < -0.39 is 0 Å². The van der Waals surface area contributed by atoms with Crippen molar-refractivity contribution in [1.29, 1.82) is 0 Å². The molecule has 0 bridgehead atoms. The van der Waals surface area contributed by atoms with E-state index >= 15 is 0 Å². The van der Waals surface area contributed by atoms with Crippen molar-refractivity contribution in [2.45, 2.75) is 13.1 Å². The zero-order chi connectivity index (χ0) is 8.93. The molecule has 13 heavy (non-hydrogen) atoms. The molecule has 68 valence electrons. The number of nitrogens with zero attached hydrogens (tertiary/aromatic N) is 1. The highest BCUT2D eigenvalue weighted by Crippen LogP contribution is 2.05. The van der Waals surface area contributed by atoms with Crippen LogP contribution in [-0.4, -0.2) is 4.98 Å². The Hall–Kier alpha value is -1.13. The predicted octanol–water partition coefficient (Wildman–Crippen LogP) is 2.03. The molecule has 0 fully saturated rings. The van der Waals surface area contributed by atoms with Gasteiger partial charge >= 0.3 is 0 Å². The summed E-state index contributed by atoms with van der Waals surface area (Å²) in [7, 11) is 0. The van der Waals surface area contributed by atoms with Crippen LogP contribution in [0.3, 0.4) is 0 Å². The van der Waals surface area contributed by atoms with Crippen molar-refractivity contribution in [3.8, 4) is 0 Å². The lowest BCUT2D eigenvalue weighted by Gasteiger charge is -1.98. The first-order valence-corrected chi connectivity index (χ1v) is 4.92. The Morgan fingerprint density at radius 2 is 2.46 bits per heavy atom. The summed E-state index contributed by atoms with van der Waals surface area (Å²) in [5.41, 5.74) is 3.01. The van der Waals surface area contributed by atoms with E-state index in [1.54, 1.807) is 23.9 Å². The smallest absolute Gasteiger partial charge is 0.0947 e. The largest absolute Gasteiger partial charge is 0.472 e. The third-order valence-electron chi connectivity index (χ3n) is 1.69. The monoisotopic (exact) mass is 194 g/mol. The van der Waals surface area contributed by atoms with Gasteiger partial charge in [-0.2, -0.15) is 0 Å². The molecule has 0 atom stereocenters. The Labute approximate surface area is 80.4 Å². The molecule has 0 unspecified atom stereocenters. The van der Waals surface area contributed by atoms with Crippen LogP contribution in [0.25, 0.3) is 0 Å². The van der Waals surface area contributed by atoms with Crippen LogP contribution in [-0.2, 0) is 13.1 Å². The quantitative estimate of drug-likeness (QED) is 0.809. The van der Waals surface area contributed by atoms with E-state index in [2.05, 4.69) is 10.3 Å². The van der Waals surface area contributed by atoms with Gasteiger partial charge in [0.25, 0.3) is 0 Å². The van der Waals surface area contributed by atoms with Gasteiger partial charge in [-0.05, 0) is 6.07 Å². The Kier molecular flexibility index (Phi) is 2.74. The van der Waals surface area contributed by atoms with Crippen LogP contribution in [0, 0.1) is 0 Å². The fourth-order valence-corrected chi connectivity index (χ4v) is 1.62. The van der Waals surface area contributed by atoms with E-state index in [0.717, 1.165) is 13.1 Å². The molecule has 2 aromatic heterocycles. The summed E-state index contributed by atoms with van der Waals surface area (Å²) in [6.07, 6.45) is 5.32. The first kappa shape index (κ1) is 8.47. The van der Waals surface area contributed by atoms with Crippen molar-refractivity contribution in [2.75, 3.05) is 0 Å². The molecule has 0 aliphatic carbocycles. The second-order valence-electron chi connectivity index (χ2n) is 2.70. The minimum Gasteiger partial charge on any atom is -0.472 e. The third kappa shape index (κ3) is 2.40. The molecule has 1 N–H and O–H groups in total. The second kappa shape index (κ2) is 4.20. The van der Waals surface area contributed by atoms with E-state index in [1.165, 1.54) is 10.4 Å². The molecule has 3 nitrogen and oxygen atoms in total. The summed E-state index contributed by atoms with van der Waals surface area (Å²) >= 11 is 1.66. The number of thiazole rings is 1. The SMILES string of the molecule is c1cc(CNCc2cncs2)co1. The van der Waals surface area contributed by atoms with E-state index in [4.69, 9.17) is 4.42 Å². The van der Waals surface area contributed by atoms with E-state index in [9.17, 15) is 0 Å². The van der Waals surface area contributed by atoms with Gasteiger partial charge < -0.3 is 9.73 Å². The number of hydrogen-bond donors (Lipinski definition) is 1. The summed E-state index contributed by atoms with van der Waals surface area (Å²) in [4.78, 5) is 5.25. The molecular weight excluding hydrogens is 184 g/mol. The molecule has 0 aliphatic heterocycles. The van der Waals surface area contributed by atoms with Crippen LogP contribution in [0.5, 0.6) is 0 Å². The molecule has 0 aliphatic rings. The molecule has 0 amide bonds. The minimum atomic E-state index is 0.842. The number of rotatable bonds is 4. The van der Waals surface area contributed by atoms with Crippen LogP contribution in [0.15, 0.2) is 34.7 Å². The predicted molar refractivity (Wildman–Crippen MR) is 51.4 cm³/mol. The lowest BCUT2D eigenvalue weighted by molar-refractivity contribution is 0.560. The highest BCUT2D eigenvalue weighted by molar-refractivity contribution is 7.09. The van der Waals surface area contributed by atoms with Gasteiger partial charge in [0.1, 0.15) is 0 Å². The van der Waals surface area contributed by atoms with Gasteiger partial charge in [0.05, 0.1) is 18.0 Å². The Morgan fingerprint density at radius 1 is 1.46 bits per heavy atom. The fourth-order valence-electron chi connectivity index (χ4n) is 1.05. The number of hydrogen-bond acceptors (Lipinski definition) is 4. The lowest BCUT2D eigenvalue weighted by Crippen LogP contribution is -2.10. The van der Waals surface area contributed by atoms with Crippen molar-refractivity contribution < 1.29 is 4.42 Å². The third-order valence-corrected chi connectivity index (χ3v) is 2.47. The molecule has 2 aromatic rings. The van der Waals surface area contributed by atoms with Crippen LogP contribution < -0.4 is 5.32 Å². The number of furan rings is 1. The van der Waals surface area contributed by atoms with E-state index in [-0.39, 0.29) is 0 Å². The van der Waals surface area contributed by atoms with Crippen molar-refractivity contribution >= 4 is 11.3 Å². The van der Waals surface area contributed by atoms with Gasteiger partial charge in [-0.3, -0.25) is 4.98 Å². The minimum absolute atomic E-state index is 0.842. The normalized spacial score (nSPS) is 10.5. The summed E-state index contributed by atoms with van der Waals surface area (Å²) in [6.45, 7) is 1.71. The van der Waals surface area contributed by atoms with Crippen LogP contribution in [0.2, 0.25) is 0 Å². The van der Waals surface area contributed by atoms with E-state index in [1.807, 2.05) is 17.8 Å². The Bertz CT molecular complexity index is 294. The fraction of sp³-hybridized carbons (Fsp3) is 0.222. The Morgan fingerprint density at radius 3 is 3.15 bits per heavy atom. The van der Waals surface area contributed by atoms with Crippen molar-refractivity contribution in [3.63, 3.8) is 0 Å². The lowest BCUT2D eigenvalue weighted by atomic mass is 10.3. The standard InChI is InChI=1S/C9H10N2OS/c1-2-12-6-8(1)3-10-4-9-5-11-7-13-9/h1-2,5-7,10H,3-4H2. The first-order chi connectivity index (χ1) is 6.45. The Balaban J connectivity index is 1.76. The van der Waals surface area contributed by atoms with Crippen molar-refractivity contribution in [1.82, 2.24) is 10.3 Å². The molecule has 0 aromatic carbocycles. The maximum atomic E-state index is 4.95. The zero-order valence-electron chi connectivity index (χ0n) is 7.06. The molecule has 0 saturated carbocycles. The van der Waals surface area contributed by atoms with Crippen LogP contribution in [0.1, 0.15) is 10.4 Å². The molecule has 0 saturated heterocycles. The summed E-state index contributed by atoms with van der Waals surface area (Å²) in [6, 6.07) is 1.96. The summed E-state index contributed by atoms with van der Waals surface area (Å²) in [5.74, 6) is 0. The van der Waals surface area contributed by atoms with Crippen LogP contribution in [0.4, 0.5) is 0 Å². The summed E-state index contributed by atoms with van der Waals surface area (Å²) in [5, 5.41) is 3.30. The molecular formula is C9H10N2OS. The van der Waals surface area contributed by atoms with Crippen molar-refractivity contribution in [2.24, 2.45) is 0 Å².